The average molecular weight is 278 g/mol. The molecule has 6 heteroatoms. The first-order valence-electron chi connectivity index (χ1n) is 5.86. The number of hydrogen-bond acceptors (Lipinski definition) is 5. The summed E-state index contributed by atoms with van der Waals surface area (Å²) in [5.41, 5.74) is -1.96. The molecule has 1 saturated heterocycles. The van der Waals surface area contributed by atoms with E-state index in [0.29, 0.717) is 6.42 Å². The number of esters is 1. The fourth-order valence-corrected chi connectivity index (χ4v) is 7.74. The minimum Gasteiger partial charge on any atom is -0.464 e. The molecule has 0 radical (unpaired) electrons. The van der Waals surface area contributed by atoms with Crippen molar-refractivity contribution in [3.63, 3.8) is 0 Å². The highest BCUT2D eigenvalue weighted by molar-refractivity contribution is 8.21. The Morgan fingerprint density at radius 3 is 3.00 bits per heavy atom. The van der Waals surface area contributed by atoms with Gasteiger partial charge in [0.25, 0.3) is 0 Å². The monoisotopic (exact) mass is 278 g/mol. The van der Waals surface area contributed by atoms with Crippen molar-refractivity contribution in [2.75, 3.05) is 6.61 Å². The summed E-state index contributed by atoms with van der Waals surface area (Å²) in [6.45, 7) is 3.88. The van der Waals surface area contributed by atoms with Gasteiger partial charge in [-0.15, -0.1) is 23.5 Å². The lowest BCUT2D eigenvalue weighted by molar-refractivity contribution is -0.153. The first-order valence-corrected chi connectivity index (χ1v) is 7.68. The average Bonchev–Trinajstić information content (AvgIpc) is 2.47. The molecule has 1 N–H and O–H groups in total. The van der Waals surface area contributed by atoms with Gasteiger partial charge in [-0.05, 0) is 20.3 Å². The Morgan fingerprint density at radius 2 is 2.35 bits per heavy atom. The maximum Gasteiger partial charge on any atom is 0.345 e. The van der Waals surface area contributed by atoms with Crippen LogP contribution in [-0.4, -0.2) is 44.0 Å². The lowest BCUT2D eigenvalue weighted by Crippen LogP contribution is -2.37. The van der Waals surface area contributed by atoms with Crippen molar-refractivity contribution in [1.82, 2.24) is 0 Å². The van der Waals surface area contributed by atoms with Gasteiger partial charge in [0.05, 0.1) is 23.4 Å². The topological polar surface area (TPSA) is 46.5 Å². The van der Waals surface area contributed by atoms with E-state index in [1.807, 2.05) is 6.92 Å². The van der Waals surface area contributed by atoms with Gasteiger partial charge in [0.1, 0.15) is 0 Å². The van der Waals surface area contributed by atoms with Gasteiger partial charge in [-0.2, -0.15) is 0 Å². The zero-order valence-electron chi connectivity index (χ0n) is 9.68. The summed E-state index contributed by atoms with van der Waals surface area (Å²) >= 11 is 3.18. The molecule has 17 heavy (non-hydrogen) atoms. The number of ether oxygens (including phenoxy) is 1. The first-order chi connectivity index (χ1) is 7.98. The number of aliphatic hydroxyl groups excluding tert-OH is 1. The van der Waals surface area contributed by atoms with E-state index in [1.54, 1.807) is 18.7 Å². The molecule has 1 aliphatic heterocycles. The van der Waals surface area contributed by atoms with Crippen molar-refractivity contribution in [2.45, 2.75) is 46.6 Å². The number of thioether (sulfide) groups is 2. The van der Waals surface area contributed by atoms with Crippen LogP contribution in [0.25, 0.3) is 0 Å². The van der Waals surface area contributed by atoms with Crippen molar-refractivity contribution in [2.24, 2.45) is 5.92 Å². The predicted octanol–water partition coefficient (Wildman–Crippen LogP) is 1.59. The quantitative estimate of drug-likeness (QED) is 0.777. The summed E-state index contributed by atoms with van der Waals surface area (Å²) in [6, 6.07) is 0. The standard InChI is InChI=1S/C11H15FO3S2/c1-3-15-9(14)10(12)8-6(13)4-7-11(8,10)17-5(2)16-7/h5-8,13H,3-4H2,1-2H3. The molecule has 1 spiro atoms. The first kappa shape index (κ1) is 12.1. The third kappa shape index (κ3) is 1.22. The van der Waals surface area contributed by atoms with Gasteiger partial charge in [0, 0.05) is 9.83 Å². The minimum absolute atomic E-state index is 0.0388. The lowest BCUT2D eigenvalue weighted by atomic mass is 10.1. The highest BCUT2D eigenvalue weighted by atomic mass is 32.2. The molecule has 0 amide bonds. The Morgan fingerprint density at radius 1 is 1.65 bits per heavy atom. The van der Waals surface area contributed by atoms with Crippen LogP contribution in [0.15, 0.2) is 0 Å². The van der Waals surface area contributed by atoms with Gasteiger partial charge in [0.15, 0.2) is 0 Å². The number of aliphatic hydroxyl groups is 1. The van der Waals surface area contributed by atoms with E-state index >= 15 is 0 Å². The predicted molar refractivity (Wildman–Crippen MR) is 65.7 cm³/mol. The molecule has 0 aromatic carbocycles. The van der Waals surface area contributed by atoms with Crippen molar-refractivity contribution >= 4 is 29.5 Å². The molecular weight excluding hydrogens is 263 g/mol. The van der Waals surface area contributed by atoms with Crippen LogP contribution in [0.1, 0.15) is 20.3 Å². The van der Waals surface area contributed by atoms with Gasteiger partial charge < -0.3 is 9.84 Å². The minimum atomic E-state index is -1.96. The molecule has 6 atom stereocenters. The van der Waals surface area contributed by atoms with Crippen LogP contribution in [0.5, 0.6) is 0 Å². The van der Waals surface area contributed by atoms with Crippen molar-refractivity contribution in [1.29, 1.82) is 0 Å². The van der Waals surface area contributed by atoms with Crippen LogP contribution in [0.4, 0.5) is 4.39 Å². The third-order valence-electron chi connectivity index (χ3n) is 3.98. The number of hydrogen-bond donors (Lipinski definition) is 1. The Bertz CT molecular complexity index is 378. The summed E-state index contributed by atoms with van der Waals surface area (Å²) < 4.78 is 19.3. The van der Waals surface area contributed by atoms with Crippen LogP contribution in [0.2, 0.25) is 0 Å². The van der Waals surface area contributed by atoms with Crippen molar-refractivity contribution in [3.8, 4) is 0 Å². The van der Waals surface area contributed by atoms with E-state index in [1.165, 1.54) is 11.8 Å². The van der Waals surface area contributed by atoms with E-state index in [9.17, 15) is 14.3 Å². The van der Waals surface area contributed by atoms with Crippen LogP contribution < -0.4 is 0 Å². The maximum absolute atomic E-state index is 14.9. The molecular formula is C11H15FO3S2. The van der Waals surface area contributed by atoms with Gasteiger partial charge in [-0.1, -0.05) is 0 Å². The second-order valence-corrected chi connectivity index (χ2v) is 8.28. The molecule has 3 aliphatic rings. The Balaban J connectivity index is 1.92. The summed E-state index contributed by atoms with van der Waals surface area (Å²) in [6.07, 6.45) is -0.112. The second-order valence-electron chi connectivity index (χ2n) is 4.82. The molecule has 0 aromatic heterocycles. The Labute approximate surface area is 108 Å². The fourth-order valence-electron chi connectivity index (χ4n) is 3.43. The molecule has 2 saturated carbocycles. The molecule has 3 fully saturated rings. The number of carbonyl (C=O) groups excluding carboxylic acids is 1. The van der Waals surface area contributed by atoms with Crippen LogP contribution in [-0.2, 0) is 9.53 Å². The molecule has 3 rings (SSSR count). The Kier molecular flexibility index (Phi) is 2.52. The molecule has 0 bridgehead atoms. The normalized spacial score (nSPS) is 55.3. The van der Waals surface area contributed by atoms with E-state index in [2.05, 4.69) is 0 Å². The van der Waals surface area contributed by atoms with Gasteiger partial charge in [-0.3, -0.25) is 0 Å². The molecule has 1 heterocycles. The zero-order valence-corrected chi connectivity index (χ0v) is 11.3. The summed E-state index contributed by atoms with van der Waals surface area (Å²) in [5, 5.41) is 9.94. The van der Waals surface area contributed by atoms with Gasteiger partial charge >= 0.3 is 5.97 Å². The van der Waals surface area contributed by atoms with Crippen LogP contribution >= 0.6 is 23.5 Å². The van der Waals surface area contributed by atoms with Gasteiger partial charge in [-0.25, -0.2) is 9.18 Å². The molecule has 0 aromatic rings. The summed E-state index contributed by atoms with van der Waals surface area (Å²) in [4.78, 5) is 11.8. The van der Waals surface area contributed by atoms with Crippen LogP contribution in [0.3, 0.4) is 0 Å². The second kappa shape index (κ2) is 3.54. The Hall–Kier alpha value is 0.0600. The highest BCUT2D eigenvalue weighted by Crippen LogP contribution is 2.80. The number of alkyl halides is 1. The largest absolute Gasteiger partial charge is 0.464 e. The number of rotatable bonds is 2. The fraction of sp³-hybridized carbons (Fsp3) is 0.909. The number of carbonyl (C=O) groups is 1. The molecule has 6 unspecified atom stereocenters. The van der Waals surface area contributed by atoms with Gasteiger partial charge in [0.2, 0.25) is 5.67 Å². The summed E-state index contributed by atoms with van der Waals surface area (Å²) in [5.74, 6) is -1.35. The van der Waals surface area contributed by atoms with Crippen LogP contribution in [0, 0.1) is 5.92 Å². The van der Waals surface area contributed by atoms with Crippen molar-refractivity contribution in [3.05, 3.63) is 0 Å². The third-order valence-corrected chi connectivity index (χ3v) is 7.59. The van der Waals surface area contributed by atoms with E-state index in [4.69, 9.17) is 4.74 Å². The molecule has 3 nitrogen and oxygen atoms in total. The molecule has 2 aliphatic carbocycles. The van der Waals surface area contributed by atoms with E-state index in [-0.39, 0.29) is 16.4 Å². The number of halogens is 1. The maximum atomic E-state index is 14.9. The van der Waals surface area contributed by atoms with E-state index < -0.39 is 28.4 Å². The SMILES string of the molecule is CCOC(=O)C1(F)C2C(O)CC3SC(C)SC321. The zero-order chi connectivity index (χ0) is 12.4. The van der Waals surface area contributed by atoms with E-state index in [0.717, 1.165) is 0 Å². The summed E-state index contributed by atoms with van der Waals surface area (Å²) in [7, 11) is 0. The smallest absolute Gasteiger partial charge is 0.345 e. The molecule has 96 valence electrons. The highest BCUT2D eigenvalue weighted by Gasteiger charge is 2.92. The lowest BCUT2D eigenvalue weighted by Gasteiger charge is -2.19. The van der Waals surface area contributed by atoms with Crippen molar-refractivity contribution < 1.29 is 19.0 Å².